The average Bonchev–Trinajstić information content (AvgIpc) is 2.26. The highest BCUT2D eigenvalue weighted by atomic mass is 16.5. The third-order valence-corrected chi connectivity index (χ3v) is 2.95. The summed E-state index contributed by atoms with van der Waals surface area (Å²) in [6, 6.07) is 0. The lowest BCUT2D eigenvalue weighted by atomic mass is 9.85. The molecule has 0 radical (unpaired) electrons. The SMILES string of the molecule is CCCC(CN)C(=O)C1CCOCC1. The second kappa shape index (κ2) is 6.14. The predicted molar refractivity (Wildman–Crippen MR) is 56.0 cm³/mol. The molecule has 0 aliphatic carbocycles. The van der Waals surface area contributed by atoms with Crippen LogP contribution in [0.15, 0.2) is 0 Å². The maximum absolute atomic E-state index is 12.0. The number of hydrogen-bond acceptors (Lipinski definition) is 3. The topological polar surface area (TPSA) is 52.3 Å². The van der Waals surface area contributed by atoms with Crippen molar-refractivity contribution in [1.29, 1.82) is 0 Å². The molecule has 0 aromatic heterocycles. The Morgan fingerprint density at radius 2 is 2.14 bits per heavy atom. The number of nitrogens with two attached hydrogens (primary N) is 1. The van der Waals surface area contributed by atoms with Gasteiger partial charge in [-0.3, -0.25) is 4.79 Å². The second-order valence-corrected chi connectivity index (χ2v) is 4.01. The maximum Gasteiger partial charge on any atom is 0.140 e. The zero-order valence-electron chi connectivity index (χ0n) is 9.00. The van der Waals surface area contributed by atoms with Gasteiger partial charge in [0.05, 0.1) is 0 Å². The van der Waals surface area contributed by atoms with Gasteiger partial charge in [-0.2, -0.15) is 0 Å². The van der Waals surface area contributed by atoms with Gasteiger partial charge in [0.25, 0.3) is 0 Å². The minimum absolute atomic E-state index is 0.0862. The summed E-state index contributed by atoms with van der Waals surface area (Å²) >= 11 is 0. The molecule has 14 heavy (non-hydrogen) atoms. The predicted octanol–water partition coefficient (Wildman–Crippen LogP) is 1.36. The Hall–Kier alpha value is -0.410. The van der Waals surface area contributed by atoms with Crippen LogP contribution in [0.5, 0.6) is 0 Å². The van der Waals surface area contributed by atoms with E-state index in [0.29, 0.717) is 12.3 Å². The Bertz CT molecular complexity index is 169. The second-order valence-electron chi connectivity index (χ2n) is 4.01. The molecular formula is C11H21NO2. The monoisotopic (exact) mass is 199 g/mol. The van der Waals surface area contributed by atoms with Gasteiger partial charge in [-0.05, 0) is 19.3 Å². The third-order valence-electron chi connectivity index (χ3n) is 2.95. The van der Waals surface area contributed by atoms with Crippen molar-refractivity contribution in [1.82, 2.24) is 0 Å². The first kappa shape index (κ1) is 11.7. The lowest BCUT2D eigenvalue weighted by molar-refractivity contribution is -0.129. The molecule has 1 rings (SSSR count). The summed E-state index contributed by atoms with van der Waals surface area (Å²) < 4.78 is 5.24. The van der Waals surface area contributed by atoms with Gasteiger partial charge in [-0.1, -0.05) is 13.3 Å². The van der Waals surface area contributed by atoms with Crippen molar-refractivity contribution >= 4 is 5.78 Å². The molecule has 0 amide bonds. The van der Waals surface area contributed by atoms with E-state index < -0.39 is 0 Å². The van der Waals surface area contributed by atoms with Gasteiger partial charge in [0.15, 0.2) is 0 Å². The Kier molecular flexibility index (Phi) is 5.12. The highest BCUT2D eigenvalue weighted by molar-refractivity contribution is 5.83. The van der Waals surface area contributed by atoms with Crippen LogP contribution >= 0.6 is 0 Å². The summed E-state index contributed by atoms with van der Waals surface area (Å²) in [5.74, 6) is 0.671. The molecule has 1 fully saturated rings. The van der Waals surface area contributed by atoms with E-state index in [4.69, 9.17) is 10.5 Å². The van der Waals surface area contributed by atoms with E-state index in [2.05, 4.69) is 6.92 Å². The lowest BCUT2D eigenvalue weighted by Gasteiger charge is -2.24. The van der Waals surface area contributed by atoms with E-state index in [0.717, 1.165) is 38.9 Å². The zero-order valence-corrected chi connectivity index (χ0v) is 9.00. The van der Waals surface area contributed by atoms with Gasteiger partial charge in [-0.25, -0.2) is 0 Å². The van der Waals surface area contributed by atoms with E-state index in [1.165, 1.54) is 0 Å². The van der Waals surface area contributed by atoms with Crippen molar-refractivity contribution in [3.05, 3.63) is 0 Å². The first-order valence-electron chi connectivity index (χ1n) is 5.61. The Morgan fingerprint density at radius 3 is 2.64 bits per heavy atom. The van der Waals surface area contributed by atoms with Crippen molar-refractivity contribution in [3.8, 4) is 0 Å². The van der Waals surface area contributed by atoms with Gasteiger partial charge in [0.2, 0.25) is 0 Å². The van der Waals surface area contributed by atoms with Crippen LogP contribution in [0.3, 0.4) is 0 Å². The molecule has 3 nitrogen and oxygen atoms in total. The Labute approximate surface area is 86.0 Å². The number of rotatable bonds is 5. The molecule has 0 aromatic rings. The Balaban J connectivity index is 2.43. The van der Waals surface area contributed by atoms with Crippen LogP contribution in [-0.4, -0.2) is 25.5 Å². The summed E-state index contributed by atoms with van der Waals surface area (Å²) in [4.78, 5) is 12.0. The third kappa shape index (κ3) is 3.07. The van der Waals surface area contributed by atoms with Crippen LogP contribution in [-0.2, 0) is 9.53 Å². The number of hydrogen-bond donors (Lipinski definition) is 1. The normalized spacial score (nSPS) is 20.7. The summed E-state index contributed by atoms with van der Waals surface area (Å²) in [6.07, 6.45) is 3.75. The van der Waals surface area contributed by atoms with Crippen molar-refractivity contribution in [2.24, 2.45) is 17.6 Å². The Morgan fingerprint density at radius 1 is 1.50 bits per heavy atom. The molecule has 1 heterocycles. The first-order valence-corrected chi connectivity index (χ1v) is 5.61. The fourth-order valence-corrected chi connectivity index (χ4v) is 2.04. The van der Waals surface area contributed by atoms with Crippen molar-refractivity contribution in [2.75, 3.05) is 19.8 Å². The van der Waals surface area contributed by atoms with Crippen LogP contribution in [0, 0.1) is 11.8 Å². The molecule has 1 unspecified atom stereocenters. The highest BCUT2D eigenvalue weighted by Gasteiger charge is 2.26. The van der Waals surface area contributed by atoms with E-state index in [9.17, 15) is 4.79 Å². The molecule has 2 N–H and O–H groups in total. The van der Waals surface area contributed by atoms with E-state index >= 15 is 0 Å². The molecule has 0 bridgehead atoms. The van der Waals surface area contributed by atoms with Gasteiger partial charge < -0.3 is 10.5 Å². The standard InChI is InChI=1S/C11H21NO2/c1-2-3-10(8-12)11(13)9-4-6-14-7-5-9/h9-10H,2-8,12H2,1H3. The first-order chi connectivity index (χ1) is 6.79. The molecular weight excluding hydrogens is 178 g/mol. The van der Waals surface area contributed by atoms with Gasteiger partial charge >= 0.3 is 0 Å². The lowest BCUT2D eigenvalue weighted by Crippen LogP contribution is -2.32. The zero-order chi connectivity index (χ0) is 10.4. The average molecular weight is 199 g/mol. The number of Topliss-reactive ketones (excluding diaryl/α,β-unsaturated/α-hetero) is 1. The number of ketones is 1. The highest BCUT2D eigenvalue weighted by Crippen LogP contribution is 2.21. The molecule has 0 spiro atoms. The summed E-state index contributed by atoms with van der Waals surface area (Å²) in [6.45, 7) is 4.07. The minimum atomic E-state index is 0.0862. The molecule has 1 atom stereocenters. The largest absolute Gasteiger partial charge is 0.381 e. The molecule has 0 saturated carbocycles. The number of carbonyl (C=O) groups is 1. The van der Waals surface area contributed by atoms with Gasteiger partial charge in [0.1, 0.15) is 5.78 Å². The van der Waals surface area contributed by atoms with Crippen molar-refractivity contribution < 1.29 is 9.53 Å². The minimum Gasteiger partial charge on any atom is -0.381 e. The quantitative estimate of drug-likeness (QED) is 0.727. The molecule has 3 heteroatoms. The van der Waals surface area contributed by atoms with E-state index in [1.807, 2.05) is 0 Å². The molecule has 82 valence electrons. The number of ether oxygens (including phenoxy) is 1. The summed E-state index contributed by atoms with van der Waals surface area (Å²) in [5.41, 5.74) is 5.61. The van der Waals surface area contributed by atoms with Gasteiger partial charge in [0, 0.05) is 31.6 Å². The molecule has 0 aromatic carbocycles. The van der Waals surface area contributed by atoms with Gasteiger partial charge in [-0.15, -0.1) is 0 Å². The fourth-order valence-electron chi connectivity index (χ4n) is 2.04. The maximum atomic E-state index is 12.0. The van der Waals surface area contributed by atoms with Crippen LogP contribution in [0.4, 0.5) is 0 Å². The summed E-state index contributed by atoms with van der Waals surface area (Å²) in [7, 11) is 0. The van der Waals surface area contributed by atoms with E-state index in [-0.39, 0.29) is 11.8 Å². The van der Waals surface area contributed by atoms with Crippen molar-refractivity contribution in [2.45, 2.75) is 32.6 Å². The molecule has 1 saturated heterocycles. The molecule has 1 aliphatic heterocycles. The van der Waals surface area contributed by atoms with E-state index in [1.54, 1.807) is 0 Å². The van der Waals surface area contributed by atoms with Crippen LogP contribution in [0.25, 0.3) is 0 Å². The van der Waals surface area contributed by atoms with Crippen molar-refractivity contribution in [3.63, 3.8) is 0 Å². The van der Waals surface area contributed by atoms with Crippen LogP contribution < -0.4 is 5.73 Å². The van der Waals surface area contributed by atoms with Crippen LogP contribution in [0.2, 0.25) is 0 Å². The molecule has 1 aliphatic rings. The van der Waals surface area contributed by atoms with Crippen LogP contribution in [0.1, 0.15) is 32.6 Å². The number of carbonyl (C=O) groups excluding carboxylic acids is 1. The smallest absolute Gasteiger partial charge is 0.140 e. The summed E-state index contributed by atoms with van der Waals surface area (Å²) in [5, 5.41) is 0. The fraction of sp³-hybridized carbons (Fsp3) is 0.909.